The number of nitrogens with zero attached hydrogens (tertiary/aromatic N) is 1. The Morgan fingerprint density at radius 2 is 2.10 bits per heavy atom. The molecule has 0 saturated carbocycles. The first kappa shape index (κ1) is 15.0. The number of hydrogen-bond acceptors (Lipinski definition) is 3. The molecule has 0 bridgehead atoms. The molecule has 0 spiro atoms. The van der Waals surface area contributed by atoms with Gasteiger partial charge in [0.1, 0.15) is 0 Å². The molecule has 2 rings (SSSR count). The van der Waals surface area contributed by atoms with Crippen molar-refractivity contribution in [1.29, 1.82) is 0 Å². The zero-order valence-electron chi connectivity index (χ0n) is 12.3. The Labute approximate surface area is 121 Å². The standard InChI is InChI=1S/C16H25N3O/c1-19(13-14-6-3-2-4-7-14)9-5-8-18-16(20)10-15-11-17-12-15/h2-4,6-7,15,17H,5,8-13H2,1H3,(H,18,20). The molecule has 4 nitrogen and oxygen atoms in total. The van der Waals surface area contributed by atoms with Gasteiger partial charge in [0.25, 0.3) is 0 Å². The van der Waals surface area contributed by atoms with Crippen LogP contribution in [0.3, 0.4) is 0 Å². The van der Waals surface area contributed by atoms with E-state index in [-0.39, 0.29) is 5.91 Å². The average Bonchev–Trinajstić information content (AvgIpc) is 2.40. The molecule has 1 aromatic rings. The van der Waals surface area contributed by atoms with Crippen LogP contribution in [0.1, 0.15) is 18.4 Å². The normalized spacial score (nSPS) is 15.1. The van der Waals surface area contributed by atoms with Crippen LogP contribution >= 0.6 is 0 Å². The number of hydrogen-bond donors (Lipinski definition) is 2. The van der Waals surface area contributed by atoms with Crippen molar-refractivity contribution >= 4 is 5.91 Å². The Morgan fingerprint density at radius 1 is 1.35 bits per heavy atom. The molecule has 1 aliphatic heterocycles. The number of nitrogens with one attached hydrogen (secondary N) is 2. The summed E-state index contributed by atoms with van der Waals surface area (Å²) in [6.45, 7) is 4.72. The SMILES string of the molecule is CN(CCCNC(=O)CC1CNC1)Cc1ccccc1. The zero-order chi connectivity index (χ0) is 14.2. The third-order valence-electron chi connectivity index (χ3n) is 3.67. The fraction of sp³-hybridized carbons (Fsp3) is 0.562. The number of amides is 1. The summed E-state index contributed by atoms with van der Waals surface area (Å²) in [6, 6.07) is 10.5. The number of benzene rings is 1. The van der Waals surface area contributed by atoms with Gasteiger partial charge in [-0.25, -0.2) is 0 Å². The van der Waals surface area contributed by atoms with Gasteiger partial charge in [-0.1, -0.05) is 30.3 Å². The molecule has 2 N–H and O–H groups in total. The van der Waals surface area contributed by atoms with Crippen LogP contribution in [0.4, 0.5) is 0 Å². The lowest BCUT2D eigenvalue weighted by Gasteiger charge is -2.26. The summed E-state index contributed by atoms with van der Waals surface area (Å²) >= 11 is 0. The molecule has 0 aliphatic carbocycles. The quantitative estimate of drug-likeness (QED) is 0.702. The van der Waals surface area contributed by atoms with E-state index in [1.807, 2.05) is 6.07 Å². The molecule has 0 aromatic heterocycles. The molecule has 1 saturated heterocycles. The summed E-state index contributed by atoms with van der Waals surface area (Å²) in [5.41, 5.74) is 1.33. The molecular formula is C16H25N3O. The Balaban J connectivity index is 1.52. The number of carbonyl (C=O) groups excluding carboxylic acids is 1. The highest BCUT2D eigenvalue weighted by atomic mass is 16.1. The second-order valence-corrected chi connectivity index (χ2v) is 5.66. The lowest BCUT2D eigenvalue weighted by atomic mass is 9.99. The molecule has 4 heteroatoms. The van der Waals surface area contributed by atoms with E-state index in [1.165, 1.54) is 5.56 Å². The molecule has 1 aromatic carbocycles. The van der Waals surface area contributed by atoms with Crippen LogP contribution in [-0.4, -0.2) is 44.0 Å². The summed E-state index contributed by atoms with van der Waals surface area (Å²) in [5, 5.41) is 6.19. The maximum absolute atomic E-state index is 11.6. The van der Waals surface area contributed by atoms with E-state index >= 15 is 0 Å². The first-order valence-electron chi connectivity index (χ1n) is 7.44. The maximum atomic E-state index is 11.6. The Morgan fingerprint density at radius 3 is 2.75 bits per heavy atom. The fourth-order valence-corrected chi connectivity index (χ4v) is 2.38. The molecule has 0 atom stereocenters. The Hall–Kier alpha value is -1.39. The lowest BCUT2D eigenvalue weighted by Crippen LogP contribution is -2.44. The highest BCUT2D eigenvalue weighted by Crippen LogP contribution is 2.07. The van der Waals surface area contributed by atoms with Gasteiger partial charge in [-0.15, -0.1) is 0 Å². The summed E-state index contributed by atoms with van der Waals surface area (Å²) in [5.74, 6) is 0.748. The topological polar surface area (TPSA) is 44.4 Å². The molecule has 0 unspecified atom stereocenters. The maximum Gasteiger partial charge on any atom is 0.220 e. The van der Waals surface area contributed by atoms with Gasteiger partial charge in [-0.2, -0.15) is 0 Å². The second kappa shape index (κ2) is 8.02. The van der Waals surface area contributed by atoms with E-state index in [1.54, 1.807) is 0 Å². The first-order chi connectivity index (χ1) is 9.74. The molecule has 0 radical (unpaired) electrons. The van der Waals surface area contributed by atoms with Gasteiger partial charge in [0.2, 0.25) is 5.91 Å². The summed E-state index contributed by atoms with van der Waals surface area (Å²) < 4.78 is 0. The van der Waals surface area contributed by atoms with Gasteiger partial charge in [-0.3, -0.25) is 4.79 Å². The fourth-order valence-electron chi connectivity index (χ4n) is 2.38. The minimum atomic E-state index is 0.196. The van der Waals surface area contributed by atoms with E-state index in [0.29, 0.717) is 12.3 Å². The van der Waals surface area contributed by atoms with Crippen LogP contribution < -0.4 is 10.6 Å². The van der Waals surface area contributed by atoms with Gasteiger partial charge in [0.05, 0.1) is 0 Å². The smallest absolute Gasteiger partial charge is 0.220 e. The monoisotopic (exact) mass is 275 g/mol. The summed E-state index contributed by atoms with van der Waals surface area (Å²) in [4.78, 5) is 13.9. The van der Waals surface area contributed by atoms with Gasteiger partial charge < -0.3 is 15.5 Å². The molecule has 1 fully saturated rings. The first-order valence-corrected chi connectivity index (χ1v) is 7.44. The van der Waals surface area contributed by atoms with Crippen LogP contribution in [0.25, 0.3) is 0 Å². The minimum Gasteiger partial charge on any atom is -0.356 e. The predicted molar refractivity (Wildman–Crippen MR) is 81.4 cm³/mol. The van der Waals surface area contributed by atoms with Crippen LogP contribution in [0, 0.1) is 5.92 Å². The summed E-state index contributed by atoms with van der Waals surface area (Å²) in [7, 11) is 2.12. The van der Waals surface area contributed by atoms with Gasteiger partial charge in [-0.05, 0) is 44.6 Å². The zero-order valence-corrected chi connectivity index (χ0v) is 12.3. The molecule has 1 amide bonds. The van der Waals surface area contributed by atoms with Gasteiger partial charge in [0, 0.05) is 19.5 Å². The largest absolute Gasteiger partial charge is 0.356 e. The predicted octanol–water partition coefficient (Wildman–Crippen LogP) is 1.23. The van der Waals surface area contributed by atoms with Crippen LogP contribution in [0.15, 0.2) is 30.3 Å². The van der Waals surface area contributed by atoms with Crippen molar-refractivity contribution in [3.8, 4) is 0 Å². The molecule has 20 heavy (non-hydrogen) atoms. The van der Waals surface area contributed by atoms with E-state index in [2.05, 4.69) is 46.8 Å². The third-order valence-corrected chi connectivity index (χ3v) is 3.67. The van der Waals surface area contributed by atoms with Crippen LogP contribution in [0.5, 0.6) is 0 Å². The Bertz CT molecular complexity index is 403. The molecule has 1 heterocycles. The van der Waals surface area contributed by atoms with E-state index in [9.17, 15) is 4.79 Å². The van der Waals surface area contributed by atoms with Crippen molar-refractivity contribution in [2.45, 2.75) is 19.4 Å². The van der Waals surface area contributed by atoms with Crippen molar-refractivity contribution in [2.75, 3.05) is 33.2 Å². The Kier molecular flexibility index (Phi) is 6.02. The third kappa shape index (κ3) is 5.31. The summed E-state index contributed by atoms with van der Waals surface area (Å²) in [6.07, 6.45) is 1.67. The lowest BCUT2D eigenvalue weighted by molar-refractivity contribution is -0.122. The van der Waals surface area contributed by atoms with Crippen molar-refractivity contribution in [2.24, 2.45) is 5.92 Å². The van der Waals surface area contributed by atoms with E-state index in [4.69, 9.17) is 0 Å². The van der Waals surface area contributed by atoms with E-state index < -0.39 is 0 Å². The van der Waals surface area contributed by atoms with Gasteiger partial charge >= 0.3 is 0 Å². The van der Waals surface area contributed by atoms with Crippen LogP contribution in [-0.2, 0) is 11.3 Å². The minimum absolute atomic E-state index is 0.196. The second-order valence-electron chi connectivity index (χ2n) is 5.66. The number of rotatable bonds is 8. The van der Waals surface area contributed by atoms with Crippen LogP contribution in [0.2, 0.25) is 0 Å². The molecular weight excluding hydrogens is 250 g/mol. The van der Waals surface area contributed by atoms with Gasteiger partial charge in [0.15, 0.2) is 0 Å². The van der Waals surface area contributed by atoms with E-state index in [0.717, 1.165) is 39.1 Å². The van der Waals surface area contributed by atoms with Crippen molar-refractivity contribution in [1.82, 2.24) is 15.5 Å². The molecule has 1 aliphatic rings. The highest BCUT2D eigenvalue weighted by molar-refractivity contribution is 5.76. The van der Waals surface area contributed by atoms with Crippen molar-refractivity contribution in [3.63, 3.8) is 0 Å². The van der Waals surface area contributed by atoms with Crippen molar-refractivity contribution in [3.05, 3.63) is 35.9 Å². The number of carbonyl (C=O) groups is 1. The highest BCUT2D eigenvalue weighted by Gasteiger charge is 2.19. The molecule has 110 valence electrons. The van der Waals surface area contributed by atoms with Crippen molar-refractivity contribution < 1.29 is 4.79 Å². The average molecular weight is 275 g/mol.